The lowest BCUT2D eigenvalue weighted by molar-refractivity contribution is 0.408. The molecule has 0 spiro atoms. The third-order valence-corrected chi connectivity index (χ3v) is 3.60. The Balaban J connectivity index is 3.04. The third-order valence-electron chi connectivity index (χ3n) is 3.60. The van der Waals surface area contributed by atoms with Crippen molar-refractivity contribution in [3.8, 4) is 5.75 Å². The van der Waals surface area contributed by atoms with Crippen LogP contribution in [0.5, 0.6) is 5.75 Å². The molecular weight excluding hydrogens is 210 g/mol. The maximum atomic E-state index is 5.58. The molecule has 17 heavy (non-hydrogen) atoms. The van der Waals surface area contributed by atoms with E-state index >= 15 is 0 Å². The summed E-state index contributed by atoms with van der Waals surface area (Å²) in [5.41, 5.74) is 8.46. The van der Waals surface area contributed by atoms with Gasteiger partial charge in [-0.1, -0.05) is 32.9 Å². The monoisotopic (exact) mass is 235 g/mol. The van der Waals surface area contributed by atoms with E-state index in [0.29, 0.717) is 0 Å². The van der Waals surface area contributed by atoms with Gasteiger partial charge >= 0.3 is 0 Å². The summed E-state index contributed by atoms with van der Waals surface area (Å²) in [6, 6.07) is 6.53. The average molecular weight is 235 g/mol. The van der Waals surface area contributed by atoms with E-state index in [1.807, 2.05) is 0 Å². The van der Waals surface area contributed by atoms with Crippen LogP contribution in [0.3, 0.4) is 0 Å². The van der Waals surface area contributed by atoms with Crippen LogP contribution in [0.2, 0.25) is 0 Å². The van der Waals surface area contributed by atoms with Gasteiger partial charge in [0.2, 0.25) is 0 Å². The number of hydrogen-bond donors (Lipinski definition) is 1. The number of rotatable bonds is 6. The summed E-state index contributed by atoms with van der Waals surface area (Å²) in [6.45, 7) is 7.51. The molecule has 0 atom stereocenters. The first-order valence-electron chi connectivity index (χ1n) is 6.42. The van der Waals surface area contributed by atoms with E-state index in [9.17, 15) is 0 Å². The van der Waals surface area contributed by atoms with E-state index in [0.717, 1.165) is 31.6 Å². The van der Waals surface area contributed by atoms with Crippen molar-refractivity contribution < 1.29 is 4.74 Å². The van der Waals surface area contributed by atoms with Gasteiger partial charge in [0.25, 0.3) is 0 Å². The van der Waals surface area contributed by atoms with Gasteiger partial charge in [-0.05, 0) is 48.4 Å². The fraction of sp³-hybridized carbons (Fsp3) is 0.600. The Hall–Kier alpha value is -1.02. The second-order valence-electron chi connectivity index (χ2n) is 5.16. The topological polar surface area (TPSA) is 35.2 Å². The molecule has 0 radical (unpaired) electrons. The lowest BCUT2D eigenvalue weighted by atomic mass is 9.81. The maximum Gasteiger partial charge on any atom is 0.122 e. The minimum absolute atomic E-state index is 0.226. The molecule has 0 aliphatic carbocycles. The number of nitrogens with two attached hydrogens (primary N) is 1. The molecule has 0 saturated heterocycles. The van der Waals surface area contributed by atoms with E-state index in [1.165, 1.54) is 11.1 Å². The van der Waals surface area contributed by atoms with Crippen molar-refractivity contribution in [2.75, 3.05) is 13.7 Å². The molecule has 0 saturated carbocycles. The van der Waals surface area contributed by atoms with Crippen LogP contribution in [0.25, 0.3) is 0 Å². The molecule has 2 heteroatoms. The molecule has 0 amide bonds. The molecule has 0 aromatic heterocycles. The highest BCUT2D eigenvalue weighted by atomic mass is 16.5. The minimum Gasteiger partial charge on any atom is -0.496 e. The summed E-state index contributed by atoms with van der Waals surface area (Å²) < 4.78 is 5.40. The van der Waals surface area contributed by atoms with Gasteiger partial charge in [-0.25, -0.2) is 0 Å². The first kappa shape index (κ1) is 14.0. The second-order valence-corrected chi connectivity index (χ2v) is 5.16. The van der Waals surface area contributed by atoms with Gasteiger partial charge in [0.05, 0.1) is 7.11 Å². The molecule has 2 nitrogen and oxygen atoms in total. The summed E-state index contributed by atoms with van der Waals surface area (Å²) in [6.07, 6.45) is 3.13. The number of benzene rings is 1. The largest absolute Gasteiger partial charge is 0.496 e. The minimum atomic E-state index is 0.226. The van der Waals surface area contributed by atoms with E-state index in [1.54, 1.807) is 7.11 Å². The lowest BCUT2D eigenvalue weighted by Crippen LogP contribution is -2.16. The Morgan fingerprint density at radius 3 is 2.53 bits per heavy atom. The summed E-state index contributed by atoms with van der Waals surface area (Å²) in [4.78, 5) is 0. The zero-order chi connectivity index (χ0) is 12.9. The summed E-state index contributed by atoms with van der Waals surface area (Å²) in [5.74, 6) is 0.981. The first-order chi connectivity index (χ1) is 8.05. The SMILES string of the molecule is CCC(C)(C)c1ccc(OC)c(CCCN)c1. The quantitative estimate of drug-likeness (QED) is 0.821. The van der Waals surface area contributed by atoms with Crippen LogP contribution < -0.4 is 10.5 Å². The van der Waals surface area contributed by atoms with Crippen molar-refractivity contribution in [1.82, 2.24) is 0 Å². The van der Waals surface area contributed by atoms with Crippen molar-refractivity contribution in [3.05, 3.63) is 29.3 Å². The van der Waals surface area contributed by atoms with Gasteiger partial charge < -0.3 is 10.5 Å². The molecule has 1 rings (SSSR count). The maximum absolute atomic E-state index is 5.58. The van der Waals surface area contributed by atoms with Gasteiger partial charge in [0, 0.05) is 0 Å². The highest BCUT2D eigenvalue weighted by Crippen LogP contribution is 2.31. The molecule has 0 aliphatic heterocycles. The van der Waals surface area contributed by atoms with Crippen molar-refractivity contribution in [2.24, 2.45) is 5.73 Å². The van der Waals surface area contributed by atoms with Gasteiger partial charge in [-0.2, -0.15) is 0 Å². The van der Waals surface area contributed by atoms with Crippen LogP contribution in [0, 0.1) is 0 Å². The Morgan fingerprint density at radius 2 is 2.00 bits per heavy atom. The Morgan fingerprint density at radius 1 is 1.29 bits per heavy atom. The second kappa shape index (κ2) is 6.06. The predicted molar refractivity (Wildman–Crippen MR) is 73.7 cm³/mol. The molecule has 96 valence electrons. The first-order valence-corrected chi connectivity index (χ1v) is 6.42. The van der Waals surface area contributed by atoms with Crippen LogP contribution in [0.15, 0.2) is 18.2 Å². The van der Waals surface area contributed by atoms with Crippen LogP contribution in [0.1, 0.15) is 44.7 Å². The molecule has 2 N–H and O–H groups in total. The van der Waals surface area contributed by atoms with Crippen LogP contribution in [-0.2, 0) is 11.8 Å². The smallest absolute Gasteiger partial charge is 0.122 e. The fourth-order valence-electron chi connectivity index (χ4n) is 1.89. The Kier molecular flexibility index (Phi) is 5.01. The summed E-state index contributed by atoms with van der Waals surface area (Å²) >= 11 is 0. The molecule has 0 aliphatic rings. The van der Waals surface area contributed by atoms with Crippen LogP contribution in [0.4, 0.5) is 0 Å². The number of methoxy groups -OCH3 is 1. The molecular formula is C15H25NO. The van der Waals surface area contributed by atoms with Crippen molar-refractivity contribution in [2.45, 2.75) is 45.4 Å². The Bertz CT molecular complexity index is 358. The highest BCUT2D eigenvalue weighted by Gasteiger charge is 2.19. The lowest BCUT2D eigenvalue weighted by Gasteiger charge is -2.24. The number of aryl methyl sites for hydroxylation is 1. The van der Waals surface area contributed by atoms with Crippen LogP contribution >= 0.6 is 0 Å². The van der Waals surface area contributed by atoms with Gasteiger partial charge in [-0.3, -0.25) is 0 Å². The van der Waals surface area contributed by atoms with Gasteiger partial charge in [-0.15, -0.1) is 0 Å². The van der Waals surface area contributed by atoms with E-state index in [-0.39, 0.29) is 5.41 Å². The van der Waals surface area contributed by atoms with Crippen molar-refractivity contribution in [3.63, 3.8) is 0 Å². The zero-order valence-corrected chi connectivity index (χ0v) is 11.5. The van der Waals surface area contributed by atoms with E-state index in [2.05, 4.69) is 39.0 Å². The third kappa shape index (κ3) is 3.47. The number of hydrogen-bond acceptors (Lipinski definition) is 2. The van der Waals surface area contributed by atoms with E-state index in [4.69, 9.17) is 10.5 Å². The van der Waals surface area contributed by atoms with Gasteiger partial charge in [0.15, 0.2) is 0 Å². The molecule has 1 aromatic carbocycles. The molecule has 1 aromatic rings. The summed E-state index contributed by atoms with van der Waals surface area (Å²) in [7, 11) is 1.73. The van der Waals surface area contributed by atoms with Crippen LogP contribution in [-0.4, -0.2) is 13.7 Å². The van der Waals surface area contributed by atoms with Gasteiger partial charge in [0.1, 0.15) is 5.75 Å². The van der Waals surface area contributed by atoms with Crippen molar-refractivity contribution in [1.29, 1.82) is 0 Å². The van der Waals surface area contributed by atoms with Crippen molar-refractivity contribution >= 4 is 0 Å². The summed E-state index contributed by atoms with van der Waals surface area (Å²) in [5, 5.41) is 0. The molecule has 0 heterocycles. The normalized spacial score (nSPS) is 11.6. The molecule has 0 fully saturated rings. The fourth-order valence-corrected chi connectivity index (χ4v) is 1.89. The molecule has 0 unspecified atom stereocenters. The Labute approximate surface area is 105 Å². The predicted octanol–water partition coefficient (Wildman–Crippen LogP) is 3.27. The number of ether oxygens (including phenoxy) is 1. The standard InChI is InChI=1S/C15H25NO/c1-5-15(2,3)13-8-9-14(17-4)12(11-13)7-6-10-16/h8-9,11H,5-7,10,16H2,1-4H3. The van der Waals surface area contributed by atoms with E-state index < -0.39 is 0 Å². The highest BCUT2D eigenvalue weighted by molar-refractivity contribution is 5.40. The zero-order valence-electron chi connectivity index (χ0n) is 11.5. The average Bonchev–Trinajstić information content (AvgIpc) is 2.35. The molecule has 0 bridgehead atoms.